The molecule has 23 heavy (non-hydrogen) atoms. The highest BCUT2D eigenvalue weighted by Gasteiger charge is 2.09. The summed E-state index contributed by atoms with van der Waals surface area (Å²) >= 11 is 1.55. The Balaban J connectivity index is 1.79. The van der Waals surface area contributed by atoms with Gasteiger partial charge in [0.1, 0.15) is 17.1 Å². The minimum Gasteiger partial charge on any atom is -0.376 e. The van der Waals surface area contributed by atoms with Crippen molar-refractivity contribution >= 4 is 17.0 Å². The highest BCUT2D eigenvalue weighted by atomic mass is 32.1. The van der Waals surface area contributed by atoms with E-state index in [0.29, 0.717) is 23.4 Å². The van der Waals surface area contributed by atoms with E-state index in [1.807, 2.05) is 35.7 Å². The van der Waals surface area contributed by atoms with Crippen molar-refractivity contribution in [1.82, 2.24) is 4.98 Å². The number of nitriles is 2. The summed E-state index contributed by atoms with van der Waals surface area (Å²) in [5, 5.41) is 24.4. The van der Waals surface area contributed by atoms with Crippen LogP contribution in [0.4, 0.5) is 5.69 Å². The Bertz CT molecular complexity index is 869. The van der Waals surface area contributed by atoms with Crippen LogP contribution in [0.1, 0.15) is 16.1 Å². The number of anilines is 1. The molecule has 0 saturated heterocycles. The van der Waals surface area contributed by atoms with E-state index in [1.54, 1.807) is 29.5 Å². The van der Waals surface area contributed by atoms with Crippen LogP contribution in [0.2, 0.25) is 0 Å². The van der Waals surface area contributed by atoms with Gasteiger partial charge in [-0.2, -0.15) is 10.5 Å². The van der Waals surface area contributed by atoms with E-state index in [1.165, 1.54) is 0 Å². The molecule has 1 heterocycles. The summed E-state index contributed by atoms with van der Waals surface area (Å²) in [7, 11) is 0. The third-order valence-electron chi connectivity index (χ3n) is 3.34. The van der Waals surface area contributed by atoms with Gasteiger partial charge >= 0.3 is 0 Å². The Kier molecular flexibility index (Phi) is 4.33. The zero-order chi connectivity index (χ0) is 16.1. The van der Waals surface area contributed by atoms with Crippen molar-refractivity contribution in [3.63, 3.8) is 0 Å². The number of rotatable bonds is 4. The molecule has 0 spiro atoms. The maximum atomic E-state index is 9.18. The van der Waals surface area contributed by atoms with Gasteiger partial charge in [-0.3, -0.25) is 0 Å². The van der Waals surface area contributed by atoms with Gasteiger partial charge in [0.25, 0.3) is 0 Å². The fourth-order valence-corrected chi connectivity index (χ4v) is 2.97. The third-order valence-corrected chi connectivity index (χ3v) is 4.19. The maximum absolute atomic E-state index is 9.18. The predicted molar refractivity (Wildman–Crippen MR) is 90.7 cm³/mol. The Labute approximate surface area is 138 Å². The second-order valence-corrected chi connectivity index (χ2v) is 5.74. The van der Waals surface area contributed by atoms with Gasteiger partial charge in [-0.1, -0.05) is 36.4 Å². The van der Waals surface area contributed by atoms with Gasteiger partial charge in [0.15, 0.2) is 0 Å². The van der Waals surface area contributed by atoms with Gasteiger partial charge in [0, 0.05) is 10.9 Å². The number of aromatic nitrogens is 1. The number of para-hydroxylation sites is 1. The van der Waals surface area contributed by atoms with E-state index in [-0.39, 0.29) is 0 Å². The first-order valence-electron chi connectivity index (χ1n) is 6.98. The average molecular weight is 316 g/mol. The van der Waals surface area contributed by atoms with Crippen LogP contribution in [0.5, 0.6) is 0 Å². The summed E-state index contributed by atoms with van der Waals surface area (Å²) in [5.74, 6) is 0. The highest BCUT2D eigenvalue weighted by Crippen LogP contribution is 2.24. The van der Waals surface area contributed by atoms with E-state index < -0.39 is 0 Å². The minimum absolute atomic E-state index is 0.462. The molecule has 110 valence electrons. The van der Waals surface area contributed by atoms with E-state index in [9.17, 15) is 10.5 Å². The molecule has 0 atom stereocenters. The topological polar surface area (TPSA) is 72.5 Å². The van der Waals surface area contributed by atoms with Crippen LogP contribution in [0.25, 0.3) is 11.3 Å². The van der Waals surface area contributed by atoms with Gasteiger partial charge in [0.05, 0.1) is 29.1 Å². The van der Waals surface area contributed by atoms with Crippen molar-refractivity contribution in [2.24, 2.45) is 0 Å². The quantitative estimate of drug-likeness (QED) is 0.784. The molecule has 0 fully saturated rings. The largest absolute Gasteiger partial charge is 0.376 e. The minimum atomic E-state index is 0.462. The standard InChI is InChI=1S/C18H12N4S/c19-9-14-7-4-8-15(10-20)18(14)21-11-17-22-16(12-23-17)13-5-2-1-3-6-13/h1-8,12,21H,11H2. The second-order valence-electron chi connectivity index (χ2n) is 4.80. The second kappa shape index (κ2) is 6.74. The fourth-order valence-electron chi connectivity index (χ4n) is 2.23. The molecule has 0 unspecified atom stereocenters. The Morgan fingerprint density at radius 2 is 1.65 bits per heavy atom. The molecule has 0 amide bonds. The van der Waals surface area contributed by atoms with Gasteiger partial charge in [-0.15, -0.1) is 11.3 Å². The Morgan fingerprint density at radius 3 is 2.30 bits per heavy atom. The zero-order valence-corrected chi connectivity index (χ0v) is 13.0. The number of hydrogen-bond acceptors (Lipinski definition) is 5. The van der Waals surface area contributed by atoms with E-state index in [4.69, 9.17) is 0 Å². The monoisotopic (exact) mass is 316 g/mol. The van der Waals surface area contributed by atoms with Gasteiger partial charge < -0.3 is 5.32 Å². The van der Waals surface area contributed by atoms with Crippen LogP contribution in [0.15, 0.2) is 53.9 Å². The summed E-state index contributed by atoms with van der Waals surface area (Å²) in [6, 6.07) is 19.3. The molecule has 1 aromatic heterocycles. The maximum Gasteiger partial charge on any atom is 0.112 e. The lowest BCUT2D eigenvalue weighted by Gasteiger charge is -2.08. The van der Waals surface area contributed by atoms with Crippen molar-refractivity contribution in [1.29, 1.82) is 10.5 Å². The van der Waals surface area contributed by atoms with Crippen molar-refractivity contribution in [3.8, 4) is 23.4 Å². The number of nitrogens with zero attached hydrogens (tertiary/aromatic N) is 3. The van der Waals surface area contributed by atoms with E-state index in [0.717, 1.165) is 16.3 Å². The van der Waals surface area contributed by atoms with Crippen molar-refractivity contribution in [2.45, 2.75) is 6.54 Å². The fraction of sp³-hybridized carbons (Fsp3) is 0.0556. The Hall–Kier alpha value is -3.15. The zero-order valence-electron chi connectivity index (χ0n) is 12.2. The highest BCUT2D eigenvalue weighted by molar-refractivity contribution is 7.09. The van der Waals surface area contributed by atoms with Crippen LogP contribution in [0.3, 0.4) is 0 Å². The summed E-state index contributed by atoms with van der Waals surface area (Å²) in [6.45, 7) is 0.477. The van der Waals surface area contributed by atoms with Crippen LogP contribution in [-0.2, 0) is 6.54 Å². The molecule has 0 bridgehead atoms. The van der Waals surface area contributed by atoms with Crippen LogP contribution >= 0.6 is 11.3 Å². The van der Waals surface area contributed by atoms with Crippen molar-refractivity contribution < 1.29 is 0 Å². The number of thiazole rings is 1. The molecule has 0 aliphatic carbocycles. The van der Waals surface area contributed by atoms with Gasteiger partial charge in [-0.25, -0.2) is 4.98 Å². The molecule has 0 aliphatic heterocycles. The van der Waals surface area contributed by atoms with Crippen LogP contribution in [0, 0.1) is 22.7 Å². The van der Waals surface area contributed by atoms with Crippen molar-refractivity contribution in [2.75, 3.05) is 5.32 Å². The van der Waals surface area contributed by atoms with Crippen LogP contribution < -0.4 is 5.32 Å². The first-order valence-corrected chi connectivity index (χ1v) is 7.86. The first-order chi connectivity index (χ1) is 11.3. The lowest BCUT2D eigenvalue weighted by atomic mass is 10.1. The van der Waals surface area contributed by atoms with Gasteiger partial charge in [0.2, 0.25) is 0 Å². The smallest absolute Gasteiger partial charge is 0.112 e. The molecule has 3 rings (SSSR count). The number of hydrogen-bond donors (Lipinski definition) is 1. The molecule has 2 aromatic carbocycles. The molecule has 0 saturated carbocycles. The average Bonchev–Trinajstić information content (AvgIpc) is 3.09. The first kappa shape index (κ1) is 14.8. The number of benzene rings is 2. The molecule has 3 aromatic rings. The summed E-state index contributed by atoms with van der Waals surface area (Å²) in [6.07, 6.45) is 0. The molecule has 5 heteroatoms. The van der Waals surface area contributed by atoms with Crippen LogP contribution in [-0.4, -0.2) is 4.98 Å². The van der Waals surface area contributed by atoms with E-state index in [2.05, 4.69) is 22.4 Å². The molecular formula is C18H12N4S. The third kappa shape index (κ3) is 3.21. The molecule has 0 radical (unpaired) electrons. The molecular weight excluding hydrogens is 304 g/mol. The summed E-state index contributed by atoms with van der Waals surface area (Å²) in [4.78, 5) is 4.60. The lowest BCUT2D eigenvalue weighted by Crippen LogP contribution is -2.03. The lowest BCUT2D eigenvalue weighted by molar-refractivity contribution is 1.10. The Morgan fingerprint density at radius 1 is 0.957 bits per heavy atom. The van der Waals surface area contributed by atoms with Crippen molar-refractivity contribution in [3.05, 3.63) is 70.0 Å². The summed E-state index contributed by atoms with van der Waals surface area (Å²) in [5.41, 5.74) is 3.49. The van der Waals surface area contributed by atoms with E-state index >= 15 is 0 Å². The van der Waals surface area contributed by atoms with Gasteiger partial charge in [-0.05, 0) is 12.1 Å². The normalized spacial score (nSPS) is 9.83. The molecule has 1 N–H and O–H groups in total. The SMILES string of the molecule is N#Cc1cccc(C#N)c1NCc1nc(-c2ccccc2)cs1. The predicted octanol–water partition coefficient (Wildman–Crippen LogP) is 4.17. The number of nitrogens with one attached hydrogen (secondary N) is 1. The molecule has 4 nitrogen and oxygen atoms in total. The summed E-state index contributed by atoms with van der Waals surface area (Å²) < 4.78 is 0. The molecule has 0 aliphatic rings.